The molecule has 0 radical (unpaired) electrons. The standard InChI is InChI=1S/C18H23N5/c1-18(2,3)23-13-16(12-21-23)11-20-10-15-4-6-17(7-5-15)22-9-8-19-14-22/h4-9,12-14,20H,10-11H2,1-3H3. The Balaban J connectivity index is 1.54. The van der Waals surface area contributed by atoms with Crippen molar-refractivity contribution >= 4 is 0 Å². The first-order valence-electron chi connectivity index (χ1n) is 7.84. The molecular formula is C18H23N5. The Morgan fingerprint density at radius 2 is 1.78 bits per heavy atom. The van der Waals surface area contributed by atoms with Crippen molar-refractivity contribution in [1.29, 1.82) is 0 Å². The maximum absolute atomic E-state index is 4.42. The normalized spacial score (nSPS) is 11.8. The molecule has 0 atom stereocenters. The molecule has 2 heterocycles. The predicted octanol–water partition coefficient (Wildman–Crippen LogP) is 3.11. The van der Waals surface area contributed by atoms with Gasteiger partial charge < -0.3 is 9.88 Å². The minimum Gasteiger partial charge on any atom is -0.309 e. The molecule has 0 bridgehead atoms. The van der Waals surface area contributed by atoms with Gasteiger partial charge in [-0.15, -0.1) is 0 Å². The van der Waals surface area contributed by atoms with Gasteiger partial charge in [0.2, 0.25) is 0 Å². The number of nitrogens with zero attached hydrogens (tertiary/aromatic N) is 4. The van der Waals surface area contributed by atoms with E-state index in [9.17, 15) is 0 Å². The molecule has 1 N–H and O–H groups in total. The van der Waals surface area contributed by atoms with E-state index in [-0.39, 0.29) is 5.54 Å². The third-order valence-corrected chi connectivity index (χ3v) is 3.72. The van der Waals surface area contributed by atoms with Crippen LogP contribution in [-0.2, 0) is 18.6 Å². The van der Waals surface area contributed by atoms with Gasteiger partial charge in [0, 0.05) is 42.9 Å². The van der Waals surface area contributed by atoms with E-state index < -0.39 is 0 Å². The molecule has 0 fully saturated rings. The van der Waals surface area contributed by atoms with Crippen molar-refractivity contribution in [1.82, 2.24) is 24.6 Å². The Morgan fingerprint density at radius 1 is 1.04 bits per heavy atom. The zero-order valence-electron chi connectivity index (χ0n) is 13.9. The van der Waals surface area contributed by atoms with E-state index >= 15 is 0 Å². The monoisotopic (exact) mass is 309 g/mol. The summed E-state index contributed by atoms with van der Waals surface area (Å²) in [6.45, 7) is 8.11. The third kappa shape index (κ3) is 3.87. The smallest absolute Gasteiger partial charge is 0.0991 e. The Kier molecular flexibility index (Phi) is 4.30. The maximum atomic E-state index is 4.42. The number of hydrogen-bond acceptors (Lipinski definition) is 3. The Hall–Kier alpha value is -2.40. The highest BCUT2D eigenvalue weighted by Crippen LogP contribution is 2.13. The van der Waals surface area contributed by atoms with Gasteiger partial charge in [-0.2, -0.15) is 5.10 Å². The van der Waals surface area contributed by atoms with Crippen molar-refractivity contribution in [3.63, 3.8) is 0 Å². The van der Waals surface area contributed by atoms with Crippen molar-refractivity contribution in [3.8, 4) is 5.69 Å². The van der Waals surface area contributed by atoms with Crippen LogP contribution in [0.3, 0.4) is 0 Å². The van der Waals surface area contributed by atoms with Gasteiger partial charge in [-0.05, 0) is 38.5 Å². The maximum Gasteiger partial charge on any atom is 0.0991 e. The SMILES string of the molecule is CC(C)(C)n1cc(CNCc2ccc(-n3ccnc3)cc2)cn1. The largest absolute Gasteiger partial charge is 0.309 e. The highest BCUT2D eigenvalue weighted by atomic mass is 15.3. The minimum absolute atomic E-state index is 0.0292. The lowest BCUT2D eigenvalue weighted by atomic mass is 10.1. The molecule has 23 heavy (non-hydrogen) atoms. The van der Waals surface area contributed by atoms with Crippen LogP contribution in [0.2, 0.25) is 0 Å². The Bertz CT molecular complexity index is 733. The molecule has 5 heteroatoms. The van der Waals surface area contributed by atoms with Crippen LogP contribution < -0.4 is 5.32 Å². The lowest BCUT2D eigenvalue weighted by Gasteiger charge is -2.18. The first-order valence-corrected chi connectivity index (χ1v) is 7.84. The summed E-state index contributed by atoms with van der Waals surface area (Å²) in [5.74, 6) is 0. The molecule has 2 aromatic heterocycles. The second-order valence-electron chi connectivity index (χ2n) is 6.70. The molecule has 5 nitrogen and oxygen atoms in total. The summed E-state index contributed by atoms with van der Waals surface area (Å²) in [5, 5.41) is 7.89. The van der Waals surface area contributed by atoms with Crippen LogP contribution in [0.1, 0.15) is 31.9 Å². The molecule has 0 amide bonds. The van der Waals surface area contributed by atoms with E-state index in [1.807, 2.05) is 21.6 Å². The quantitative estimate of drug-likeness (QED) is 0.788. The number of rotatable bonds is 5. The van der Waals surface area contributed by atoms with Crippen molar-refractivity contribution in [2.45, 2.75) is 39.4 Å². The van der Waals surface area contributed by atoms with Crippen LogP contribution in [0.15, 0.2) is 55.4 Å². The van der Waals surface area contributed by atoms with E-state index in [0.717, 1.165) is 18.8 Å². The van der Waals surface area contributed by atoms with E-state index in [1.54, 1.807) is 12.5 Å². The van der Waals surface area contributed by atoms with E-state index in [1.165, 1.54) is 11.1 Å². The predicted molar refractivity (Wildman–Crippen MR) is 91.3 cm³/mol. The van der Waals surface area contributed by atoms with E-state index in [0.29, 0.717) is 0 Å². The van der Waals surface area contributed by atoms with E-state index in [2.05, 4.69) is 66.6 Å². The zero-order chi connectivity index (χ0) is 16.3. The van der Waals surface area contributed by atoms with Gasteiger partial charge in [0.05, 0.1) is 18.1 Å². The highest BCUT2D eigenvalue weighted by molar-refractivity contribution is 5.34. The van der Waals surface area contributed by atoms with Crippen LogP contribution in [0.25, 0.3) is 5.69 Å². The molecule has 120 valence electrons. The number of aromatic nitrogens is 4. The second-order valence-corrected chi connectivity index (χ2v) is 6.70. The van der Waals surface area contributed by atoms with Crippen molar-refractivity contribution in [2.24, 2.45) is 0 Å². The van der Waals surface area contributed by atoms with Gasteiger partial charge in [-0.25, -0.2) is 4.98 Å². The van der Waals surface area contributed by atoms with Crippen molar-refractivity contribution < 1.29 is 0 Å². The lowest BCUT2D eigenvalue weighted by Crippen LogP contribution is -2.22. The Labute approximate surface area is 137 Å². The fourth-order valence-electron chi connectivity index (χ4n) is 2.37. The van der Waals surface area contributed by atoms with Gasteiger partial charge in [-0.1, -0.05) is 12.1 Å². The van der Waals surface area contributed by atoms with Crippen LogP contribution in [0.5, 0.6) is 0 Å². The first kappa shape index (κ1) is 15.5. The molecule has 0 aliphatic heterocycles. The molecule has 0 unspecified atom stereocenters. The summed E-state index contributed by atoms with van der Waals surface area (Å²) in [7, 11) is 0. The average Bonchev–Trinajstić information content (AvgIpc) is 3.19. The fraction of sp³-hybridized carbons (Fsp3) is 0.333. The summed E-state index contributed by atoms with van der Waals surface area (Å²) in [4.78, 5) is 4.07. The Morgan fingerprint density at radius 3 is 2.39 bits per heavy atom. The number of benzene rings is 1. The summed E-state index contributed by atoms with van der Waals surface area (Å²) in [6.07, 6.45) is 9.57. The molecule has 3 aromatic rings. The van der Waals surface area contributed by atoms with Gasteiger partial charge in [0.1, 0.15) is 0 Å². The third-order valence-electron chi connectivity index (χ3n) is 3.72. The summed E-state index contributed by atoms with van der Waals surface area (Å²) in [6, 6.07) is 8.49. The molecule has 3 rings (SSSR count). The average molecular weight is 309 g/mol. The molecule has 0 saturated heterocycles. The molecule has 0 saturated carbocycles. The number of imidazole rings is 1. The van der Waals surface area contributed by atoms with Crippen LogP contribution in [0, 0.1) is 0 Å². The van der Waals surface area contributed by atoms with E-state index in [4.69, 9.17) is 0 Å². The fourth-order valence-corrected chi connectivity index (χ4v) is 2.37. The summed E-state index contributed by atoms with van der Waals surface area (Å²) in [5.41, 5.74) is 3.62. The molecule has 0 spiro atoms. The lowest BCUT2D eigenvalue weighted by molar-refractivity contribution is 0.355. The topological polar surface area (TPSA) is 47.7 Å². The minimum atomic E-state index is 0.0292. The van der Waals surface area contributed by atoms with Gasteiger partial charge in [0.15, 0.2) is 0 Å². The summed E-state index contributed by atoms with van der Waals surface area (Å²) < 4.78 is 4.00. The zero-order valence-corrected chi connectivity index (χ0v) is 13.9. The van der Waals surface area contributed by atoms with Crippen LogP contribution in [-0.4, -0.2) is 19.3 Å². The van der Waals surface area contributed by atoms with Gasteiger partial charge >= 0.3 is 0 Å². The summed E-state index contributed by atoms with van der Waals surface area (Å²) >= 11 is 0. The van der Waals surface area contributed by atoms with Gasteiger partial charge in [-0.3, -0.25) is 4.68 Å². The molecule has 0 aliphatic carbocycles. The van der Waals surface area contributed by atoms with Crippen LogP contribution >= 0.6 is 0 Å². The highest BCUT2D eigenvalue weighted by Gasteiger charge is 2.13. The first-order chi connectivity index (χ1) is 11.0. The molecule has 0 aliphatic rings. The van der Waals surface area contributed by atoms with Gasteiger partial charge in [0.25, 0.3) is 0 Å². The number of hydrogen-bond donors (Lipinski definition) is 1. The van der Waals surface area contributed by atoms with Crippen molar-refractivity contribution in [3.05, 3.63) is 66.5 Å². The van der Waals surface area contributed by atoms with Crippen molar-refractivity contribution in [2.75, 3.05) is 0 Å². The second kappa shape index (κ2) is 6.38. The molecule has 1 aromatic carbocycles. The number of nitrogens with one attached hydrogen (secondary N) is 1. The van der Waals surface area contributed by atoms with Crippen LogP contribution in [0.4, 0.5) is 0 Å². The molecular weight excluding hydrogens is 286 g/mol.